The van der Waals surface area contributed by atoms with Crippen LogP contribution in [0.4, 0.5) is 0 Å². The van der Waals surface area contributed by atoms with E-state index in [-0.39, 0.29) is 17.9 Å². The van der Waals surface area contributed by atoms with Gasteiger partial charge in [0.25, 0.3) is 0 Å². The molecule has 5 heteroatoms. The van der Waals surface area contributed by atoms with E-state index in [4.69, 9.17) is 0 Å². The maximum Gasteiger partial charge on any atom is 0.232 e. The summed E-state index contributed by atoms with van der Waals surface area (Å²) < 4.78 is 0. The predicted molar refractivity (Wildman–Crippen MR) is 103 cm³/mol. The maximum absolute atomic E-state index is 13.3. The van der Waals surface area contributed by atoms with Gasteiger partial charge >= 0.3 is 0 Å². The summed E-state index contributed by atoms with van der Waals surface area (Å²) in [7, 11) is 0. The Morgan fingerprint density at radius 1 is 1.30 bits per heavy atom. The fourth-order valence-electron chi connectivity index (χ4n) is 4.45. The number of hydrogen-bond acceptors (Lipinski definition) is 3. The van der Waals surface area contributed by atoms with Crippen LogP contribution in [0.15, 0.2) is 48.7 Å². The van der Waals surface area contributed by atoms with Gasteiger partial charge in [-0.05, 0) is 37.5 Å². The quantitative estimate of drug-likeness (QED) is 0.887. The van der Waals surface area contributed by atoms with Crippen molar-refractivity contribution in [3.8, 4) is 0 Å². The molecule has 0 radical (unpaired) electrons. The molecule has 0 unspecified atom stereocenters. The highest BCUT2D eigenvalue weighted by molar-refractivity contribution is 5.91. The fourth-order valence-corrected chi connectivity index (χ4v) is 4.45. The standard InChI is InChI=1S/C22H25N3O2/c1-16-5-4-6-17(13-16)22(14-19-8-9-20(26)25(19)15-22)21(27)24-12-10-18-7-2-3-11-23-18/h2-7,11,13,19H,8-10,12,14-15H2,1H3,(H,24,27)/t19-,22+/m0/s1. The average molecular weight is 363 g/mol. The molecule has 1 aromatic heterocycles. The lowest BCUT2D eigenvalue weighted by Gasteiger charge is -2.29. The number of benzene rings is 1. The van der Waals surface area contributed by atoms with Crippen molar-refractivity contribution in [2.75, 3.05) is 13.1 Å². The summed E-state index contributed by atoms with van der Waals surface area (Å²) in [6.07, 6.45) is 4.63. The second kappa shape index (κ2) is 7.14. The van der Waals surface area contributed by atoms with Gasteiger partial charge in [-0.3, -0.25) is 14.6 Å². The van der Waals surface area contributed by atoms with Crippen LogP contribution >= 0.6 is 0 Å². The van der Waals surface area contributed by atoms with E-state index >= 15 is 0 Å². The molecule has 2 saturated heterocycles. The minimum atomic E-state index is -0.656. The van der Waals surface area contributed by atoms with Gasteiger partial charge in [0.15, 0.2) is 0 Å². The van der Waals surface area contributed by atoms with E-state index < -0.39 is 5.41 Å². The summed E-state index contributed by atoms with van der Waals surface area (Å²) in [5.74, 6) is 0.196. The van der Waals surface area contributed by atoms with E-state index in [1.165, 1.54) is 0 Å². The highest BCUT2D eigenvalue weighted by atomic mass is 16.2. The van der Waals surface area contributed by atoms with Crippen LogP contribution in [0.5, 0.6) is 0 Å². The molecule has 2 amide bonds. The van der Waals surface area contributed by atoms with Gasteiger partial charge in [0.05, 0.1) is 5.41 Å². The summed E-state index contributed by atoms with van der Waals surface area (Å²) in [6, 6.07) is 14.1. The molecule has 1 aromatic carbocycles. The number of pyridine rings is 1. The highest BCUT2D eigenvalue weighted by Gasteiger charge is 2.53. The van der Waals surface area contributed by atoms with Crippen molar-refractivity contribution in [2.24, 2.45) is 0 Å². The number of rotatable bonds is 5. The van der Waals surface area contributed by atoms with E-state index in [0.29, 0.717) is 32.4 Å². The van der Waals surface area contributed by atoms with Gasteiger partial charge in [0, 0.05) is 43.9 Å². The summed E-state index contributed by atoms with van der Waals surface area (Å²) in [5, 5.41) is 3.12. The lowest BCUT2D eigenvalue weighted by atomic mass is 9.76. The molecule has 0 bridgehead atoms. The molecule has 0 spiro atoms. The first-order chi connectivity index (χ1) is 13.1. The first-order valence-electron chi connectivity index (χ1n) is 9.63. The van der Waals surface area contributed by atoms with Crippen molar-refractivity contribution in [1.82, 2.24) is 15.2 Å². The molecular formula is C22H25N3O2. The van der Waals surface area contributed by atoms with E-state index in [2.05, 4.69) is 16.4 Å². The topological polar surface area (TPSA) is 62.3 Å². The first kappa shape index (κ1) is 17.7. The van der Waals surface area contributed by atoms with Gasteiger partial charge in [-0.1, -0.05) is 35.9 Å². The third-order valence-corrected chi connectivity index (χ3v) is 5.88. The minimum absolute atomic E-state index is 0.0197. The van der Waals surface area contributed by atoms with Crippen LogP contribution in [0, 0.1) is 6.92 Å². The Bertz CT molecular complexity index is 852. The lowest BCUT2D eigenvalue weighted by Crippen LogP contribution is -2.47. The summed E-state index contributed by atoms with van der Waals surface area (Å²) in [6.45, 7) is 3.06. The summed E-state index contributed by atoms with van der Waals surface area (Å²) >= 11 is 0. The van der Waals surface area contributed by atoms with E-state index in [1.807, 2.05) is 48.2 Å². The first-order valence-corrected chi connectivity index (χ1v) is 9.63. The maximum atomic E-state index is 13.3. The van der Waals surface area contributed by atoms with Crippen molar-refractivity contribution in [1.29, 1.82) is 0 Å². The molecule has 2 aliphatic rings. The fraction of sp³-hybridized carbons (Fsp3) is 0.409. The normalized spacial score (nSPS) is 24.1. The van der Waals surface area contributed by atoms with Crippen molar-refractivity contribution in [3.05, 3.63) is 65.5 Å². The molecule has 2 fully saturated rings. The number of nitrogens with zero attached hydrogens (tertiary/aromatic N) is 2. The second-order valence-electron chi connectivity index (χ2n) is 7.70. The van der Waals surface area contributed by atoms with Gasteiger partial charge in [-0.15, -0.1) is 0 Å². The minimum Gasteiger partial charge on any atom is -0.355 e. The van der Waals surface area contributed by atoms with Gasteiger partial charge in [-0.2, -0.15) is 0 Å². The number of hydrogen-bond donors (Lipinski definition) is 1. The van der Waals surface area contributed by atoms with Crippen LogP contribution in [0.3, 0.4) is 0 Å². The SMILES string of the molecule is Cc1cccc([C@@]2(C(=O)NCCc3ccccn3)C[C@@H]3CCC(=O)N3C2)c1. The van der Waals surface area contributed by atoms with Crippen molar-refractivity contribution < 1.29 is 9.59 Å². The molecule has 1 N–H and O–H groups in total. The van der Waals surface area contributed by atoms with Crippen molar-refractivity contribution in [2.45, 2.75) is 44.1 Å². The Morgan fingerprint density at radius 3 is 2.93 bits per heavy atom. The molecular weight excluding hydrogens is 338 g/mol. The molecule has 0 saturated carbocycles. The van der Waals surface area contributed by atoms with Crippen LogP contribution in [-0.2, 0) is 21.4 Å². The van der Waals surface area contributed by atoms with Crippen molar-refractivity contribution in [3.63, 3.8) is 0 Å². The summed E-state index contributed by atoms with van der Waals surface area (Å²) in [5.41, 5.74) is 2.45. The van der Waals surface area contributed by atoms with Crippen LogP contribution < -0.4 is 5.32 Å². The Labute approximate surface area is 159 Å². The molecule has 5 nitrogen and oxygen atoms in total. The molecule has 27 heavy (non-hydrogen) atoms. The smallest absolute Gasteiger partial charge is 0.232 e. The van der Waals surface area contributed by atoms with E-state index in [0.717, 1.165) is 23.2 Å². The molecule has 4 rings (SSSR count). The monoisotopic (exact) mass is 363 g/mol. The number of fused-ring (bicyclic) bond motifs is 1. The van der Waals surface area contributed by atoms with Gasteiger partial charge in [0.2, 0.25) is 11.8 Å². The Kier molecular flexibility index (Phi) is 4.68. The zero-order valence-corrected chi connectivity index (χ0v) is 15.6. The predicted octanol–water partition coefficient (Wildman–Crippen LogP) is 2.38. The second-order valence-corrected chi connectivity index (χ2v) is 7.70. The zero-order chi connectivity index (χ0) is 18.9. The third kappa shape index (κ3) is 3.34. The molecule has 3 heterocycles. The molecule has 2 aliphatic heterocycles. The Hall–Kier alpha value is -2.69. The Morgan fingerprint density at radius 2 is 2.19 bits per heavy atom. The van der Waals surface area contributed by atoms with Crippen LogP contribution in [0.2, 0.25) is 0 Å². The molecule has 140 valence electrons. The lowest BCUT2D eigenvalue weighted by molar-refractivity contribution is -0.129. The van der Waals surface area contributed by atoms with Crippen LogP contribution in [-0.4, -0.2) is 40.8 Å². The van der Waals surface area contributed by atoms with Gasteiger partial charge in [-0.25, -0.2) is 0 Å². The molecule has 2 aromatic rings. The van der Waals surface area contributed by atoms with E-state index in [1.54, 1.807) is 6.20 Å². The average Bonchev–Trinajstić information content (AvgIpc) is 3.22. The number of carbonyl (C=O) groups excluding carboxylic acids is 2. The molecule has 0 aliphatic carbocycles. The van der Waals surface area contributed by atoms with Gasteiger partial charge < -0.3 is 10.2 Å². The van der Waals surface area contributed by atoms with E-state index in [9.17, 15) is 9.59 Å². The van der Waals surface area contributed by atoms with Crippen LogP contribution in [0.25, 0.3) is 0 Å². The molecule has 2 atom stereocenters. The van der Waals surface area contributed by atoms with Crippen LogP contribution in [0.1, 0.15) is 36.1 Å². The number of aromatic nitrogens is 1. The number of aryl methyl sites for hydroxylation is 1. The zero-order valence-electron chi connectivity index (χ0n) is 15.6. The third-order valence-electron chi connectivity index (χ3n) is 5.88. The highest BCUT2D eigenvalue weighted by Crippen LogP contribution is 2.43. The number of carbonyl (C=O) groups is 2. The Balaban J connectivity index is 1.55. The largest absolute Gasteiger partial charge is 0.355 e. The number of amides is 2. The number of nitrogens with one attached hydrogen (secondary N) is 1. The van der Waals surface area contributed by atoms with Gasteiger partial charge in [0.1, 0.15) is 0 Å². The van der Waals surface area contributed by atoms with Crippen molar-refractivity contribution >= 4 is 11.8 Å². The summed E-state index contributed by atoms with van der Waals surface area (Å²) in [4.78, 5) is 31.8.